The predicted octanol–water partition coefficient (Wildman–Crippen LogP) is 3.50. The van der Waals surface area contributed by atoms with Crippen molar-refractivity contribution in [2.45, 2.75) is 19.9 Å². The first-order chi connectivity index (χ1) is 8.33. The molecule has 0 aliphatic carbocycles. The quantitative estimate of drug-likeness (QED) is 0.867. The van der Waals surface area contributed by atoms with Gasteiger partial charge in [0.2, 0.25) is 0 Å². The molecule has 0 atom stereocenters. The molecule has 0 aliphatic rings. The van der Waals surface area contributed by atoms with Crippen molar-refractivity contribution < 1.29 is 4.74 Å². The second kappa shape index (κ2) is 5.51. The van der Waals surface area contributed by atoms with Gasteiger partial charge < -0.3 is 10.5 Å². The average molecular weight is 227 g/mol. The molecule has 0 amide bonds. The van der Waals surface area contributed by atoms with E-state index in [-0.39, 0.29) is 0 Å². The van der Waals surface area contributed by atoms with Crippen LogP contribution < -0.4 is 10.5 Å². The molecule has 2 heteroatoms. The van der Waals surface area contributed by atoms with Gasteiger partial charge in [-0.15, -0.1) is 0 Å². The van der Waals surface area contributed by atoms with Gasteiger partial charge in [0.15, 0.2) is 0 Å². The van der Waals surface area contributed by atoms with Crippen LogP contribution in [0.5, 0.6) is 11.5 Å². The lowest BCUT2D eigenvalue weighted by molar-refractivity contribution is 0.476. The lowest BCUT2D eigenvalue weighted by atomic mass is 10.1. The van der Waals surface area contributed by atoms with Gasteiger partial charge in [-0.1, -0.05) is 37.3 Å². The number of hydrogen-bond donors (Lipinski definition) is 1. The molecule has 0 aliphatic heterocycles. The Bertz CT molecular complexity index is 494. The second-order valence-electron chi connectivity index (χ2n) is 3.91. The first-order valence-electron chi connectivity index (χ1n) is 5.88. The van der Waals surface area contributed by atoms with Crippen molar-refractivity contribution in [3.05, 3.63) is 59.7 Å². The smallest absolute Gasteiger partial charge is 0.131 e. The summed E-state index contributed by atoms with van der Waals surface area (Å²) in [6.07, 6.45) is 1.01. The lowest BCUT2D eigenvalue weighted by Gasteiger charge is -2.10. The lowest BCUT2D eigenvalue weighted by Crippen LogP contribution is -1.99. The van der Waals surface area contributed by atoms with Crippen LogP contribution in [0.3, 0.4) is 0 Å². The number of rotatable bonds is 4. The third kappa shape index (κ3) is 2.86. The molecule has 0 spiro atoms. The fraction of sp³-hybridized carbons (Fsp3) is 0.200. The van der Waals surface area contributed by atoms with Crippen LogP contribution >= 0.6 is 0 Å². The maximum Gasteiger partial charge on any atom is 0.131 e. The minimum Gasteiger partial charge on any atom is -0.457 e. The van der Waals surface area contributed by atoms with Crippen LogP contribution in [0, 0.1) is 0 Å². The summed E-state index contributed by atoms with van der Waals surface area (Å²) in [7, 11) is 0. The zero-order valence-electron chi connectivity index (χ0n) is 10.0. The zero-order valence-corrected chi connectivity index (χ0v) is 10.0. The third-order valence-corrected chi connectivity index (χ3v) is 2.73. The van der Waals surface area contributed by atoms with Gasteiger partial charge in [0.1, 0.15) is 11.5 Å². The summed E-state index contributed by atoms with van der Waals surface area (Å²) in [4.78, 5) is 0. The van der Waals surface area contributed by atoms with Crippen molar-refractivity contribution in [1.29, 1.82) is 0 Å². The SMILES string of the molecule is CCc1cccc(Oc2ccccc2CN)c1. The summed E-state index contributed by atoms with van der Waals surface area (Å²) in [5, 5.41) is 0. The summed E-state index contributed by atoms with van der Waals surface area (Å²) < 4.78 is 5.86. The fourth-order valence-electron chi connectivity index (χ4n) is 1.73. The van der Waals surface area contributed by atoms with Gasteiger partial charge in [-0.05, 0) is 30.2 Å². The van der Waals surface area contributed by atoms with Crippen molar-refractivity contribution in [3.8, 4) is 11.5 Å². The van der Waals surface area contributed by atoms with E-state index in [0.717, 1.165) is 23.5 Å². The minimum absolute atomic E-state index is 0.490. The van der Waals surface area contributed by atoms with E-state index in [0.29, 0.717) is 6.54 Å². The number of para-hydroxylation sites is 1. The molecule has 0 saturated carbocycles. The van der Waals surface area contributed by atoms with Crippen molar-refractivity contribution >= 4 is 0 Å². The van der Waals surface area contributed by atoms with Gasteiger partial charge in [0.25, 0.3) is 0 Å². The molecule has 2 N–H and O–H groups in total. The summed E-state index contributed by atoms with van der Waals surface area (Å²) in [5.74, 6) is 1.70. The molecule has 0 bridgehead atoms. The Labute approximate surface area is 102 Å². The van der Waals surface area contributed by atoms with Crippen molar-refractivity contribution in [3.63, 3.8) is 0 Å². The van der Waals surface area contributed by atoms with Gasteiger partial charge in [-0.2, -0.15) is 0 Å². The molecule has 17 heavy (non-hydrogen) atoms. The van der Waals surface area contributed by atoms with Gasteiger partial charge in [-0.25, -0.2) is 0 Å². The van der Waals surface area contributed by atoms with Gasteiger partial charge in [-0.3, -0.25) is 0 Å². The largest absolute Gasteiger partial charge is 0.457 e. The van der Waals surface area contributed by atoms with Crippen molar-refractivity contribution in [1.82, 2.24) is 0 Å². The maximum atomic E-state index is 5.86. The van der Waals surface area contributed by atoms with Crippen LogP contribution in [-0.2, 0) is 13.0 Å². The molecule has 2 aromatic rings. The molecule has 2 aromatic carbocycles. The standard InChI is InChI=1S/C15H17NO/c1-2-12-6-5-8-14(10-12)17-15-9-4-3-7-13(15)11-16/h3-10H,2,11,16H2,1H3. The highest BCUT2D eigenvalue weighted by Gasteiger charge is 2.02. The molecule has 2 rings (SSSR count). The molecule has 2 nitrogen and oxygen atoms in total. The topological polar surface area (TPSA) is 35.2 Å². The van der Waals surface area contributed by atoms with Gasteiger partial charge >= 0.3 is 0 Å². The first kappa shape index (κ1) is 11.7. The van der Waals surface area contributed by atoms with E-state index in [1.165, 1.54) is 5.56 Å². The molecular weight excluding hydrogens is 210 g/mol. The molecule has 0 saturated heterocycles. The Hall–Kier alpha value is -1.80. The molecule has 0 unspecified atom stereocenters. The number of benzene rings is 2. The molecule has 0 heterocycles. The van der Waals surface area contributed by atoms with Crippen LogP contribution in [0.15, 0.2) is 48.5 Å². The minimum atomic E-state index is 0.490. The normalized spacial score (nSPS) is 10.2. The second-order valence-corrected chi connectivity index (χ2v) is 3.91. The zero-order chi connectivity index (χ0) is 12.1. The highest BCUT2D eigenvalue weighted by Crippen LogP contribution is 2.25. The predicted molar refractivity (Wildman–Crippen MR) is 70.2 cm³/mol. The molecule has 0 radical (unpaired) electrons. The molecular formula is C15H17NO. The number of hydrogen-bond acceptors (Lipinski definition) is 2. The number of ether oxygens (including phenoxy) is 1. The fourth-order valence-corrected chi connectivity index (χ4v) is 1.73. The molecule has 0 fully saturated rings. The Morgan fingerprint density at radius 3 is 2.65 bits per heavy atom. The van der Waals surface area contributed by atoms with Crippen LogP contribution in [0.2, 0.25) is 0 Å². The highest BCUT2D eigenvalue weighted by atomic mass is 16.5. The van der Waals surface area contributed by atoms with Crippen LogP contribution in [0.1, 0.15) is 18.1 Å². The van der Waals surface area contributed by atoms with E-state index in [2.05, 4.69) is 19.1 Å². The Balaban J connectivity index is 2.24. The summed E-state index contributed by atoms with van der Waals surface area (Å²) in [5.41, 5.74) is 7.97. The first-order valence-corrected chi connectivity index (χ1v) is 5.88. The van der Waals surface area contributed by atoms with E-state index in [1.54, 1.807) is 0 Å². The highest BCUT2D eigenvalue weighted by molar-refractivity contribution is 5.38. The Morgan fingerprint density at radius 2 is 1.88 bits per heavy atom. The van der Waals surface area contributed by atoms with Gasteiger partial charge in [0, 0.05) is 12.1 Å². The van der Waals surface area contributed by atoms with Crippen LogP contribution in [0.25, 0.3) is 0 Å². The Kier molecular flexibility index (Phi) is 3.78. The summed E-state index contributed by atoms with van der Waals surface area (Å²) in [6.45, 7) is 2.62. The van der Waals surface area contributed by atoms with Crippen molar-refractivity contribution in [2.24, 2.45) is 5.73 Å². The van der Waals surface area contributed by atoms with E-state index < -0.39 is 0 Å². The maximum absolute atomic E-state index is 5.86. The average Bonchev–Trinajstić information content (AvgIpc) is 2.39. The van der Waals surface area contributed by atoms with E-state index in [4.69, 9.17) is 10.5 Å². The van der Waals surface area contributed by atoms with E-state index in [9.17, 15) is 0 Å². The monoisotopic (exact) mass is 227 g/mol. The summed E-state index contributed by atoms with van der Waals surface area (Å²) >= 11 is 0. The molecule has 88 valence electrons. The summed E-state index contributed by atoms with van der Waals surface area (Å²) in [6, 6.07) is 16.0. The van der Waals surface area contributed by atoms with Gasteiger partial charge in [0.05, 0.1) is 0 Å². The molecule has 0 aromatic heterocycles. The number of aryl methyl sites for hydroxylation is 1. The third-order valence-electron chi connectivity index (χ3n) is 2.73. The van der Waals surface area contributed by atoms with Crippen molar-refractivity contribution in [2.75, 3.05) is 0 Å². The number of nitrogens with two attached hydrogens (primary N) is 1. The van der Waals surface area contributed by atoms with E-state index >= 15 is 0 Å². The van der Waals surface area contributed by atoms with Crippen LogP contribution in [-0.4, -0.2) is 0 Å². The Morgan fingerprint density at radius 1 is 1.06 bits per heavy atom. The van der Waals surface area contributed by atoms with Crippen LogP contribution in [0.4, 0.5) is 0 Å². The van der Waals surface area contributed by atoms with E-state index in [1.807, 2.05) is 36.4 Å².